The van der Waals surface area contributed by atoms with Crippen molar-refractivity contribution in [1.82, 2.24) is 4.98 Å². The normalized spacial score (nSPS) is 12.1. The van der Waals surface area contributed by atoms with Crippen LogP contribution in [0.2, 0.25) is 16.6 Å². The van der Waals surface area contributed by atoms with E-state index >= 15 is 0 Å². The van der Waals surface area contributed by atoms with Crippen LogP contribution in [-0.2, 0) is 11.0 Å². The second kappa shape index (κ2) is 9.20. The molecule has 1 aromatic rings. The van der Waals surface area contributed by atoms with Gasteiger partial charge in [0, 0.05) is 6.20 Å². The lowest BCUT2D eigenvalue weighted by molar-refractivity contribution is 0.266. The fourth-order valence-corrected chi connectivity index (χ4v) is 11.7. The molecule has 0 aliphatic rings. The number of halogens is 1. The maximum absolute atomic E-state index is 6.69. The van der Waals surface area contributed by atoms with Crippen LogP contribution in [0.3, 0.4) is 0 Å². The Bertz CT molecular complexity index is 461. The summed E-state index contributed by atoms with van der Waals surface area (Å²) in [7, 11) is -0.142. The van der Waals surface area contributed by atoms with E-state index in [-0.39, 0.29) is 16.5 Å². The van der Waals surface area contributed by atoms with Gasteiger partial charge in [-0.2, -0.15) is 0 Å². The topological polar surface area (TPSA) is 31.4 Å². The second-order valence-corrected chi connectivity index (χ2v) is 15.5. The summed E-state index contributed by atoms with van der Waals surface area (Å²) >= 11 is 2.22. The summed E-state index contributed by atoms with van der Waals surface area (Å²) in [5, 5.41) is 0. The van der Waals surface area contributed by atoms with Gasteiger partial charge in [-0.15, -0.1) is 3.69 Å². The van der Waals surface area contributed by atoms with Crippen LogP contribution >= 0.6 is 18.9 Å². The van der Waals surface area contributed by atoms with Gasteiger partial charge in [0.15, 0.2) is 0 Å². The molecule has 0 spiro atoms. The lowest BCUT2D eigenvalue weighted by Gasteiger charge is -2.42. The first-order valence-corrected chi connectivity index (χ1v) is 16.0. The van der Waals surface area contributed by atoms with Gasteiger partial charge < -0.3 is 9.16 Å². The molecule has 0 radical (unpaired) electrons. The van der Waals surface area contributed by atoms with Gasteiger partial charge in [-0.3, -0.25) is 18.9 Å². The van der Waals surface area contributed by atoms with Crippen LogP contribution in [0.1, 0.15) is 47.1 Å². The Kier molecular flexibility index (Phi) is 8.64. The number of ether oxygens (including phenoxy) is 1. The first-order valence-electron chi connectivity index (χ1n) is 8.01. The zero-order valence-electron chi connectivity index (χ0n) is 14.9. The number of hydrogen-bond acceptors (Lipinski definition) is 3. The van der Waals surface area contributed by atoms with Gasteiger partial charge >= 0.3 is 16.5 Å². The van der Waals surface area contributed by atoms with Gasteiger partial charge in [0.25, 0.3) is 0 Å². The first kappa shape index (κ1) is 20.7. The molecule has 0 unspecified atom stereocenters. The van der Waals surface area contributed by atoms with Crippen LogP contribution in [-0.4, -0.2) is 36.9 Å². The molecule has 1 rings (SSSR count). The van der Waals surface area contributed by atoms with Crippen molar-refractivity contribution in [3.8, 4) is 5.88 Å². The van der Waals surface area contributed by atoms with Crippen LogP contribution in [0.15, 0.2) is 12.3 Å². The highest BCUT2D eigenvalue weighted by molar-refractivity contribution is 14.1. The largest absolute Gasteiger partial charge is 0.503 e. The molecular formula is C16H28IMgNO2Si. The van der Waals surface area contributed by atoms with E-state index in [0.717, 1.165) is 0 Å². The molecule has 0 bridgehead atoms. The molecular weight excluding hydrogens is 417 g/mol. The monoisotopic (exact) mass is 445 g/mol. The quantitative estimate of drug-likeness (QED) is 0.437. The minimum absolute atomic E-state index is 0.305. The maximum atomic E-state index is 6.69. The van der Waals surface area contributed by atoms with Crippen LogP contribution in [0.25, 0.3) is 0 Å². The molecule has 0 amide bonds. The minimum atomic E-state index is -1.81. The Balaban J connectivity index is 3.03. The number of nitrogens with zero attached hydrogens (tertiary/aromatic N) is 1. The van der Waals surface area contributed by atoms with Crippen LogP contribution in [0.5, 0.6) is 5.88 Å². The van der Waals surface area contributed by atoms with Crippen molar-refractivity contribution in [3.05, 3.63) is 17.8 Å². The Morgan fingerprint density at radius 3 is 2.09 bits per heavy atom. The average Bonchev–Trinajstić information content (AvgIpc) is 2.46. The summed E-state index contributed by atoms with van der Waals surface area (Å²) < 4.78 is 13.3. The average molecular weight is 446 g/mol. The molecule has 0 fully saturated rings. The lowest BCUT2D eigenvalue weighted by atomic mass is 10.3. The summed E-state index contributed by atoms with van der Waals surface area (Å²) in [5.41, 5.74) is 3.08. The summed E-state index contributed by atoms with van der Waals surface area (Å²) in [6.07, 6.45) is 1.94. The molecule has 3 nitrogen and oxygen atoms in total. The smallest absolute Gasteiger partial charge is 0.481 e. The molecule has 122 valence electrons. The summed E-state index contributed by atoms with van der Waals surface area (Å²) in [6, 6.07) is 2.08. The Morgan fingerprint density at radius 1 is 1.14 bits per heavy atom. The van der Waals surface area contributed by atoms with E-state index in [2.05, 4.69) is 71.4 Å². The highest BCUT2D eigenvalue weighted by Crippen LogP contribution is 2.42. The fourth-order valence-electron chi connectivity index (χ4n) is 3.57. The molecule has 0 saturated carbocycles. The fraction of sp³-hybridized carbons (Fsp3) is 0.688. The first-order chi connectivity index (χ1) is 10.3. The van der Waals surface area contributed by atoms with Crippen molar-refractivity contribution in [3.63, 3.8) is 0 Å². The van der Waals surface area contributed by atoms with Crippen molar-refractivity contribution in [2.75, 3.05) is 7.11 Å². The van der Waals surface area contributed by atoms with E-state index in [9.17, 15) is 0 Å². The summed E-state index contributed by atoms with van der Waals surface area (Å²) in [4.78, 5) is 4.37. The van der Waals surface area contributed by atoms with Crippen LogP contribution in [0, 0.1) is 0 Å². The number of pyridine rings is 1. The SMILES string of the molecule is COc1c[c]([Mg][I])c(CO[Si](C(C)C)(C(C)C)C(C)C)cn1. The van der Waals surface area contributed by atoms with Gasteiger partial charge in [0.05, 0.1) is 13.7 Å². The van der Waals surface area contributed by atoms with Gasteiger partial charge in [0.1, 0.15) is 0 Å². The zero-order valence-corrected chi connectivity index (χ0v) is 19.5. The van der Waals surface area contributed by atoms with Crippen molar-refractivity contribution in [2.45, 2.75) is 64.8 Å². The summed E-state index contributed by atoms with van der Waals surface area (Å²) in [6.45, 7) is 14.7. The standard InChI is InChI=1S/C16H28NO2Si.HI.Mg/c1-12(2)20(13(3)4,14(5)6)19-11-15-8-9-16(18-7)17-10-15;;/h9-10,12-14H,11H2,1-7H3;1H;/q;;+1/p-1. The molecule has 0 saturated heterocycles. The highest BCUT2D eigenvalue weighted by Gasteiger charge is 2.45. The highest BCUT2D eigenvalue weighted by atomic mass is 127. The molecule has 6 heteroatoms. The Morgan fingerprint density at radius 2 is 1.68 bits per heavy atom. The van der Waals surface area contributed by atoms with Gasteiger partial charge in [-0.05, 0) is 28.3 Å². The van der Waals surface area contributed by atoms with E-state index in [1.165, 1.54) is 9.26 Å². The lowest BCUT2D eigenvalue weighted by Crippen LogP contribution is -2.47. The molecule has 0 atom stereocenters. The minimum Gasteiger partial charge on any atom is -0.481 e. The molecule has 0 aliphatic carbocycles. The van der Waals surface area contributed by atoms with Gasteiger partial charge in [-0.1, -0.05) is 41.5 Å². The molecule has 1 heterocycles. The van der Waals surface area contributed by atoms with Crippen molar-refractivity contribution in [1.29, 1.82) is 0 Å². The Labute approximate surface area is 156 Å². The molecule has 1 aromatic heterocycles. The molecule has 22 heavy (non-hydrogen) atoms. The van der Waals surface area contributed by atoms with E-state index in [4.69, 9.17) is 9.16 Å². The van der Waals surface area contributed by atoms with E-state index in [1.54, 1.807) is 7.11 Å². The van der Waals surface area contributed by atoms with Gasteiger partial charge in [0.2, 0.25) is 14.2 Å². The predicted octanol–water partition coefficient (Wildman–Crippen LogP) is 4.46. The van der Waals surface area contributed by atoms with Gasteiger partial charge in [-0.25, -0.2) is 4.98 Å². The zero-order chi connectivity index (χ0) is 16.9. The third-order valence-electron chi connectivity index (χ3n) is 4.60. The van der Waals surface area contributed by atoms with Crippen molar-refractivity contribution < 1.29 is 9.16 Å². The van der Waals surface area contributed by atoms with E-state index in [1.807, 2.05) is 6.20 Å². The number of methoxy groups -OCH3 is 1. The van der Waals surface area contributed by atoms with E-state index in [0.29, 0.717) is 29.1 Å². The molecule has 0 aliphatic heterocycles. The third-order valence-corrected chi connectivity index (χ3v) is 14.1. The predicted molar refractivity (Wildman–Crippen MR) is 106 cm³/mol. The Hall–Kier alpha value is 0.623. The van der Waals surface area contributed by atoms with Crippen LogP contribution in [0.4, 0.5) is 0 Å². The summed E-state index contributed by atoms with van der Waals surface area (Å²) in [5.74, 6) is 0.711. The number of hydrogen-bond donors (Lipinski definition) is 0. The van der Waals surface area contributed by atoms with Crippen LogP contribution < -0.4 is 8.43 Å². The van der Waals surface area contributed by atoms with Crippen molar-refractivity contribution >= 4 is 47.3 Å². The second-order valence-electron chi connectivity index (χ2n) is 6.74. The number of aromatic nitrogens is 1. The van der Waals surface area contributed by atoms with Crippen molar-refractivity contribution in [2.24, 2.45) is 0 Å². The van der Waals surface area contributed by atoms with E-state index < -0.39 is 8.32 Å². The molecule has 0 N–H and O–H groups in total. The number of rotatable bonds is 8. The molecule has 0 aromatic carbocycles. The maximum Gasteiger partial charge on any atom is 0.503 e. The third kappa shape index (κ3) is 4.58.